The fourth-order valence-corrected chi connectivity index (χ4v) is 1.83. The van der Waals surface area contributed by atoms with Crippen LogP contribution in [-0.4, -0.2) is 36.3 Å². The Bertz CT molecular complexity index is 412. The monoisotopic (exact) mass is 293 g/mol. The quantitative estimate of drug-likeness (QED) is 0.717. The van der Waals surface area contributed by atoms with Crippen LogP contribution in [0.5, 0.6) is 0 Å². The van der Waals surface area contributed by atoms with Gasteiger partial charge in [0.25, 0.3) is 0 Å². The number of nitrogens with zero attached hydrogens (tertiary/aromatic N) is 1. The van der Waals surface area contributed by atoms with Gasteiger partial charge >= 0.3 is 6.09 Å². The largest absolute Gasteiger partial charge is 0.444 e. The molecule has 0 fully saturated rings. The Hall–Kier alpha value is -1.55. The van der Waals surface area contributed by atoms with Gasteiger partial charge in [-0.15, -0.1) is 0 Å². The summed E-state index contributed by atoms with van der Waals surface area (Å²) in [6.07, 6.45) is 0.630. The van der Waals surface area contributed by atoms with Gasteiger partial charge in [0, 0.05) is 13.1 Å². The Morgan fingerprint density at radius 1 is 1.14 bits per heavy atom. The van der Waals surface area contributed by atoms with Crippen LogP contribution >= 0.6 is 0 Å². The predicted octanol–water partition coefficient (Wildman–Crippen LogP) is 3.85. The molecule has 4 nitrogen and oxygen atoms in total. The molecular weight excluding hydrogens is 266 g/mol. The first kappa shape index (κ1) is 17.5. The Morgan fingerprint density at radius 2 is 1.81 bits per heavy atom. The molecule has 0 aliphatic heterocycles. The minimum Gasteiger partial charge on any atom is -0.444 e. The molecule has 4 heteroatoms. The van der Waals surface area contributed by atoms with E-state index < -0.39 is 5.60 Å². The lowest BCUT2D eigenvalue weighted by Crippen LogP contribution is -2.39. The smallest absolute Gasteiger partial charge is 0.410 e. The first-order valence-electron chi connectivity index (χ1n) is 7.52. The van der Waals surface area contributed by atoms with Gasteiger partial charge in [-0.1, -0.05) is 37.3 Å². The van der Waals surface area contributed by atoms with E-state index in [1.54, 1.807) is 4.90 Å². The Morgan fingerprint density at radius 3 is 2.38 bits per heavy atom. The molecule has 0 aromatic heterocycles. The third-order valence-corrected chi connectivity index (χ3v) is 2.76. The third kappa shape index (κ3) is 7.71. The van der Waals surface area contributed by atoms with Crippen LogP contribution in [0, 0.1) is 0 Å². The van der Waals surface area contributed by atoms with E-state index in [4.69, 9.17) is 9.47 Å². The van der Waals surface area contributed by atoms with Crippen LogP contribution in [0.25, 0.3) is 0 Å². The van der Waals surface area contributed by atoms with Gasteiger partial charge in [0.2, 0.25) is 0 Å². The zero-order valence-electron chi connectivity index (χ0n) is 13.6. The Balaban J connectivity index is 2.35. The standard InChI is InChI=1S/C17H27NO3/c1-5-11-18(16(19)21-17(2,3)4)12-13-20-14-15-9-7-6-8-10-15/h6-10H,5,11-14H2,1-4H3. The molecule has 0 aliphatic carbocycles. The van der Waals surface area contributed by atoms with E-state index in [1.165, 1.54) is 0 Å². The number of hydrogen-bond donors (Lipinski definition) is 0. The lowest BCUT2D eigenvalue weighted by Gasteiger charge is -2.27. The summed E-state index contributed by atoms with van der Waals surface area (Å²) < 4.78 is 11.0. The lowest BCUT2D eigenvalue weighted by molar-refractivity contribution is 0.0164. The van der Waals surface area contributed by atoms with Crippen molar-refractivity contribution >= 4 is 6.09 Å². The molecule has 0 saturated heterocycles. The van der Waals surface area contributed by atoms with Crippen molar-refractivity contribution in [3.8, 4) is 0 Å². The molecule has 1 rings (SSSR count). The summed E-state index contributed by atoms with van der Waals surface area (Å²) in [5.41, 5.74) is 0.672. The van der Waals surface area contributed by atoms with E-state index in [2.05, 4.69) is 0 Å². The molecule has 1 amide bonds. The minimum absolute atomic E-state index is 0.271. The molecule has 0 aliphatic rings. The third-order valence-electron chi connectivity index (χ3n) is 2.76. The SMILES string of the molecule is CCCN(CCOCc1ccccc1)C(=O)OC(C)(C)C. The first-order valence-corrected chi connectivity index (χ1v) is 7.52. The van der Waals surface area contributed by atoms with Crippen LogP contribution in [-0.2, 0) is 16.1 Å². The van der Waals surface area contributed by atoms with Gasteiger partial charge in [-0.05, 0) is 32.8 Å². The number of rotatable bonds is 7. The summed E-state index contributed by atoms with van der Waals surface area (Å²) in [4.78, 5) is 13.8. The molecule has 1 aromatic carbocycles. The second kappa shape index (κ2) is 8.67. The molecule has 0 heterocycles. The molecule has 0 saturated carbocycles. The lowest BCUT2D eigenvalue weighted by atomic mass is 10.2. The van der Waals surface area contributed by atoms with Gasteiger partial charge in [-0.2, -0.15) is 0 Å². The number of benzene rings is 1. The van der Waals surface area contributed by atoms with Gasteiger partial charge in [-0.3, -0.25) is 0 Å². The molecule has 0 atom stereocenters. The van der Waals surface area contributed by atoms with E-state index in [1.807, 2.05) is 58.0 Å². The van der Waals surface area contributed by atoms with Crippen molar-refractivity contribution in [2.24, 2.45) is 0 Å². The summed E-state index contributed by atoms with van der Waals surface area (Å²) >= 11 is 0. The maximum absolute atomic E-state index is 12.1. The molecule has 118 valence electrons. The molecule has 21 heavy (non-hydrogen) atoms. The van der Waals surface area contributed by atoms with Crippen molar-refractivity contribution in [3.05, 3.63) is 35.9 Å². The van der Waals surface area contributed by atoms with Crippen molar-refractivity contribution in [3.63, 3.8) is 0 Å². The second-order valence-corrected chi connectivity index (χ2v) is 6.01. The molecule has 0 radical (unpaired) electrons. The second-order valence-electron chi connectivity index (χ2n) is 6.01. The Labute approximate surface area is 128 Å². The summed E-state index contributed by atoms with van der Waals surface area (Å²) in [6, 6.07) is 10.0. The zero-order chi connectivity index (χ0) is 15.7. The fourth-order valence-electron chi connectivity index (χ4n) is 1.83. The van der Waals surface area contributed by atoms with Gasteiger partial charge < -0.3 is 14.4 Å². The highest BCUT2D eigenvalue weighted by Gasteiger charge is 2.21. The maximum atomic E-state index is 12.1. The molecule has 1 aromatic rings. The van der Waals surface area contributed by atoms with Gasteiger partial charge in [0.05, 0.1) is 13.2 Å². The van der Waals surface area contributed by atoms with Gasteiger partial charge in [0.15, 0.2) is 0 Å². The number of carbonyl (C=O) groups is 1. The van der Waals surface area contributed by atoms with Crippen molar-refractivity contribution in [2.45, 2.75) is 46.3 Å². The van der Waals surface area contributed by atoms with Crippen molar-refractivity contribution in [1.82, 2.24) is 4.90 Å². The normalized spacial score (nSPS) is 11.2. The van der Waals surface area contributed by atoms with Crippen molar-refractivity contribution in [1.29, 1.82) is 0 Å². The Kier molecular flexibility index (Phi) is 7.23. The summed E-state index contributed by atoms with van der Waals surface area (Å²) in [6.45, 7) is 9.98. The minimum atomic E-state index is -0.464. The molecule has 0 bridgehead atoms. The van der Waals surface area contributed by atoms with E-state index in [0.29, 0.717) is 26.3 Å². The maximum Gasteiger partial charge on any atom is 0.410 e. The number of hydrogen-bond acceptors (Lipinski definition) is 3. The average Bonchev–Trinajstić information content (AvgIpc) is 2.41. The van der Waals surface area contributed by atoms with Crippen LogP contribution in [0.15, 0.2) is 30.3 Å². The highest BCUT2D eigenvalue weighted by Crippen LogP contribution is 2.10. The van der Waals surface area contributed by atoms with E-state index >= 15 is 0 Å². The summed E-state index contributed by atoms with van der Waals surface area (Å²) in [5, 5.41) is 0. The average molecular weight is 293 g/mol. The van der Waals surface area contributed by atoms with Gasteiger partial charge in [0.1, 0.15) is 5.60 Å². The van der Waals surface area contributed by atoms with Crippen LogP contribution in [0.2, 0.25) is 0 Å². The number of ether oxygens (including phenoxy) is 2. The molecule has 0 spiro atoms. The zero-order valence-corrected chi connectivity index (χ0v) is 13.6. The van der Waals surface area contributed by atoms with Crippen LogP contribution in [0.1, 0.15) is 39.7 Å². The topological polar surface area (TPSA) is 38.8 Å². The molecular formula is C17H27NO3. The fraction of sp³-hybridized carbons (Fsp3) is 0.588. The number of carbonyl (C=O) groups excluding carboxylic acids is 1. The van der Waals surface area contributed by atoms with Crippen LogP contribution < -0.4 is 0 Å². The first-order chi connectivity index (χ1) is 9.92. The van der Waals surface area contributed by atoms with E-state index in [0.717, 1.165) is 12.0 Å². The van der Waals surface area contributed by atoms with Crippen LogP contribution in [0.3, 0.4) is 0 Å². The molecule has 0 N–H and O–H groups in total. The highest BCUT2D eigenvalue weighted by atomic mass is 16.6. The highest BCUT2D eigenvalue weighted by molar-refractivity contribution is 5.68. The summed E-state index contributed by atoms with van der Waals surface area (Å²) in [7, 11) is 0. The summed E-state index contributed by atoms with van der Waals surface area (Å²) in [5.74, 6) is 0. The predicted molar refractivity (Wildman–Crippen MR) is 84.2 cm³/mol. The number of amides is 1. The molecule has 0 unspecified atom stereocenters. The van der Waals surface area contributed by atoms with E-state index in [-0.39, 0.29) is 6.09 Å². The van der Waals surface area contributed by atoms with E-state index in [9.17, 15) is 4.79 Å². The van der Waals surface area contributed by atoms with Gasteiger partial charge in [-0.25, -0.2) is 4.79 Å². The van der Waals surface area contributed by atoms with Crippen molar-refractivity contribution < 1.29 is 14.3 Å². The van der Waals surface area contributed by atoms with Crippen LogP contribution in [0.4, 0.5) is 4.79 Å². The van der Waals surface area contributed by atoms with Crippen molar-refractivity contribution in [2.75, 3.05) is 19.7 Å².